The number of hydrogen-bond acceptors (Lipinski definition) is 6. The third-order valence-corrected chi connectivity index (χ3v) is 4.83. The lowest BCUT2D eigenvalue weighted by molar-refractivity contribution is -0.131. The molecule has 2 saturated heterocycles. The Morgan fingerprint density at radius 1 is 1.45 bits per heavy atom. The van der Waals surface area contributed by atoms with Crippen LogP contribution in [0.25, 0.3) is 0 Å². The highest BCUT2D eigenvalue weighted by atomic mass is 32.2. The quantitative estimate of drug-likeness (QED) is 0.756. The minimum atomic E-state index is -0.310. The first-order valence-corrected chi connectivity index (χ1v) is 8.45. The molecule has 0 aliphatic carbocycles. The largest absolute Gasteiger partial charge is 0.465 e. The van der Waals surface area contributed by atoms with Crippen LogP contribution >= 0.6 is 11.8 Å². The second-order valence-electron chi connectivity index (χ2n) is 5.42. The summed E-state index contributed by atoms with van der Waals surface area (Å²) in [5.74, 6) is 2.05. The van der Waals surface area contributed by atoms with Crippen LogP contribution in [0.4, 0.5) is 0 Å². The van der Waals surface area contributed by atoms with Gasteiger partial charge in [-0.3, -0.25) is 9.59 Å². The molecular formula is C14H19N3O4S. The van der Waals surface area contributed by atoms with E-state index in [1.807, 2.05) is 4.90 Å². The van der Waals surface area contributed by atoms with Crippen LogP contribution in [0.1, 0.15) is 6.42 Å². The third-order valence-electron chi connectivity index (χ3n) is 3.86. The van der Waals surface area contributed by atoms with E-state index in [-0.39, 0.29) is 29.5 Å². The smallest absolute Gasteiger partial charge is 0.290 e. The van der Waals surface area contributed by atoms with Gasteiger partial charge in [-0.05, 0) is 12.3 Å². The Hall–Kier alpha value is -1.67. The summed E-state index contributed by atoms with van der Waals surface area (Å²) in [5, 5.41) is 6.06. The SMILES string of the molecule is O=C(NCC1CNC(C(=O)N2CCSC2)C1)C1=COC=CO1. The van der Waals surface area contributed by atoms with Gasteiger partial charge < -0.3 is 25.0 Å². The summed E-state index contributed by atoms with van der Waals surface area (Å²) in [6.07, 6.45) is 4.68. The molecule has 0 saturated carbocycles. The first-order valence-electron chi connectivity index (χ1n) is 7.29. The molecule has 0 aromatic heterocycles. The van der Waals surface area contributed by atoms with Gasteiger partial charge in [0.1, 0.15) is 18.8 Å². The number of hydrogen-bond donors (Lipinski definition) is 2. The zero-order valence-electron chi connectivity index (χ0n) is 12.1. The first-order chi connectivity index (χ1) is 10.7. The summed E-state index contributed by atoms with van der Waals surface area (Å²) in [6.45, 7) is 2.07. The van der Waals surface area contributed by atoms with Crippen molar-refractivity contribution in [3.63, 3.8) is 0 Å². The van der Waals surface area contributed by atoms with Crippen molar-refractivity contribution < 1.29 is 19.1 Å². The summed E-state index contributed by atoms with van der Waals surface area (Å²) in [5.41, 5.74) is 0. The van der Waals surface area contributed by atoms with Crippen molar-refractivity contribution in [2.75, 3.05) is 31.3 Å². The van der Waals surface area contributed by atoms with Crippen LogP contribution in [-0.2, 0) is 19.1 Å². The average Bonchev–Trinajstić information content (AvgIpc) is 3.24. The fraction of sp³-hybridized carbons (Fsp3) is 0.571. The highest BCUT2D eigenvalue weighted by molar-refractivity contribution is 7.99. The topological polar surface area (TPSA) is 79.9 Å². The number of nitrogens with one attached hydrogen (secondary N) is 2. The van der Waals surface area contributed by atoms with Crippen LogP contribution in [0.15, 0.2) is 24.5 Å². The van der Waals surface area contributed by atoms with Crippen molar-refractivity contribution in [1.29, 1.82) is 0 Å². The summed E-state index contributed by atoms with van der Waals surface area (Å²) >= 11 is 1.78. The molecule has 22 heavy (non-hydrogen) atoms. The molecule has 3 heterocycles. The molecule has 2 N–H and O–H groups in total. The molecule has 3 rings (SSSR count). The zero-order valence-corrected chi connectivity index (χ0v) is 12.9. The van der Waals surface area contributed by atoms with E-state index in [4.69, 9.17) is 9.47 Å². The van der Waals surface area contributed by atoms with Crippen molar-refractivity contribution in [1.82, 2.24) is 15.5 Å². The van der Waals surface area contributed by atoms with Gasteiger partial charge in [-0.15, -0.1) is 11.8 Å². The van der Waals surface area contributed by atoms with Crippen molar-refractivity contribution in [3.05, 3.63) is 24.5 Å². The van der Waals surface area contributed by atoms with E-state index in [9.17, 15) is 9.59 Å². The molecule has 0 spiro atoms. The minimum absolute atomic E-state index is 0.128. The Bertz CT molecular complexity index is 502. The Morgan fingerprint density at radius 2 is 2.36 bits per heavy atom. The molecule has 3 aliphatic rings. The summed E-state index contributed by atoms with van der Waals surface area (Å²) in [4.78, 5) is 26.0. The second-order valence-corrected chi connectivity index (χ2v) is 6.49. The van der Waals surface area contributed by atoms with E-state index in [0.717, 1.165) is 31.1 Å². The van der Waals surface area contributed by atoms with Gasteiger partial charge in [-0.2, -0.15) is 0 Å². The monoisotopic (exact) mass is 325 g/mol. The third kappa shape index (κ3) is 3.56. The van der Waals surface area contributed by atoms with E-state index >= 15 is 0 Å². The first kappa shape index (κ1) is 15.2. The Morgan fingerprint density at radius 3 is 3.09 bits per heavy atom. The molecule has 0 radical (unpaired) electrons. The Kier molecular flexibility index (Phi) is 4.89. The van der Waals surface area contributed by atoms with Gasteiger partial charge in [-0.25, -0.2) is 0 Å². The summed E-state index contributed by atoms with van der Waals surface area (Å²) in [7, 11) is 0. The highest BCUT2D eigenvalue weighted by Gasteiger charge is 2.33. The molecule has 0 bridgehead atoms. The molecule has 2 unspecified atom stereocenters. The number of thioether (sulfide) groups is 1. The van der Waals surface area contributed by atoms with Gasteiger partial charge in [0.15, 0.2) is 0 Å². The number of rotatable bonds is 4. The van der Waals surface area contributed by atoms with Crippen LogP contribution in [0.3, 0.4) is 0 Å². The molecular weight excluding hydrogens is 306 g/mol. The maximum atomic E-state index is 12.3. The number of nitrogens with zero attached hydrogens (tertiary/aromatic N) is 1. The van der Waals surface area contributed by atoms with Crippen molar-refractivity contribution in [2.24, 2.45) is 5.92 Å². The van der Waals surface area contributed by atoms with E-state index in [1.165, 1.54) is 18.8 Å². The van der Waals surface area contributed by atoms with Crippen LogP contribution in [0.5, 0.6) is 0 Å². The molecule has 3 aliphatic heterocycles. The van der Waals surface area contributed by atoms with Gasteiger partial charge >= 0.3 is 0 Å². The summed E-state index contributed by atoms with van der Waals surface area (Å²) < 4.78 is 9.93. The van der Waals surface area contributed by atoms with Crippen LogP contribution < -0.4 is 10.6 Å². The normalized spacial score (nSPS) is 27.1. The van der Waals surface area contributed by atoms with E-state index < -0.39 is 0 Å². The van der Waals surface area contributed by atoms with Crippen LogP contribution in [0, 0.1) is 5.92 Å². The van der Waals surface area contributed by atoms with Crippen molar-refractivity contribution >= 4 is 23.6 Å². The van der Waals surface area contributed by atoms with Gasteiger partial charge in [0.25, 0.3) is 5.91 Å². The lowest BCUT2D eigenvalue weighted by Crippen LogP contribution is -2.42. The average molecular weight is 325 g/mol. The van der Waals surface area contributed by atoms with Gasteiger partial charge in [-0.1, -0.05) is 0 Å². The molecule has 8 heteroatoms. The molecule has 0 aromatic rings. The lowest BCUT2D eigenvalue weighted by Gasteiger charge is -2.19. The minimum Gasteiger partial charge on any atom is -0.465 e. The molecule has 120 valence electrons. The fourth-order valence-corrected chi connectivity index (χ4v) is 3.61. The molecule has 2 atom stereocenters. The van der Waals surface area contributed by atoms with Crippen LogP contribution in [-0.4, -0.2) is 54.0 Å². The zero-order chi connectivity index (χ0) is 15.4. The second kappa shape index (κ2) is 7.06. The molecule has 2 amide bonds. The predicted octanol–water partition coefficient (Wildman–Crippen LogP) is -0.0270. The van der Waals surface area contributed by atoms with Crippen molar-refractivity contribution in [2.45, 2.75) is 12.5 Å². The highest BCUT2D eigenvalue weighted by Crippen LogP contribution is 2.20. The molecule has 0 aromatic carbocycles. The van der Waals surface area contributed by atoms with E-state index in [2.05, 4.69) is 10.6 Å². The fourth-order valence-electron chi connectivity index (χ4n) is 2.65. The van der Waals surface area contributed by atoms with E-state index in [0.29, 0.717) is 6.54 Å². The molecule has 7 nitrogen and oxygen atoms in total. The number of ether oxygens (including phenoxy) is 2. The Labute approximate surface area is 133 Å². The van der Waals surface area contributed by atoms with E-state index in [1.54, 1.807) is 11.8 Å². The van der Waals surface area contributed by atoms with Crippen LogP contribution in [0.2, 0.25) is 0 Å². The maximum Gasteiger partial charge on any atom is 0.290 e. The number of amides is 2. The van der Waals surface area contributed by atoms with Crippen molar-refractivity contribution in [3.8, 4) is 0 Å². The number of carbonyl (C=O) groups excluding carboxylic acids is 2. The summed E-state index contributed by atoms with van der Waals surface area (Å²) in [6, 6.07) is -0.128. The van der Waals surface area contributed by atoms with Gasteiger partial charge in [0.2, 0.25) is 11.7 Å². The standard InChI is InChI=1S/C14H19N3O4S/c18-13(12-8-20-2-3-21-12)16-7-10-5-11(15-6-10)14(19)17-1-4-22-9-17/h2-3,8,10-11,15H,1,4-7,9H2,(H,16,18). The van der Waals surface area contributed by atoms with Gasteiger partial charge in [0.05, 0.1) is 11.9 Å². The molecule has 2 fully saturated rings. The van der Waals surface area contributed by atoms with Gasteiger partial charge in [0, 0.05) is 25.4 Å². The maximum absolute atomic E-state index is 12.3. The number of carbonyl (C=O) groups is 2. The predicted molar refractivity (Wildman–Crippen MR) is 81.3 cm³/mol. The Balaban J connectivity index is 1.42. The lowest BCUT2D eigenvalue weighted by atomic mass is 10.0.